The first-order chi connectivity index (χ1) is 24.1. The zero-order chi connectivity index (χ0) is 37.2. The van der Waals surface area contributed by atoms with Crippen molar-refractivity contribution in [1.29, 1.82) is 0 Å². The number of hydrogen-bond acceptors (Lipinski definition) is 9. The maximum absolute atomic E-state index is 12.7. The Hall–Kier alpha value is -2.81. The topological polar surface area (TPSA) is 210 Å². The number of primary amides is 1. The third-order valence-electron chi connectivity index (χ3n) is 8.28. The van der Waals surface area contributed by atoms with E-state index in [0.29, 0.717) is 12.8 Å². The van der Waals surface area contributed by atoms with E-state index in [1.165, 1.54) is 64.2 Å². The molecule has 0 unspecified atom stereocenters. The third kappa shape index (κ3) is 29.0. The lowest BCUT2D eigenvalue weighted by Crippen LogP contribution is -2.50. The summed E-state index contributed by atoms with van der Waals surface area (Å²) >= 11 is 0. The molecule has 0 fully saturated rings. The maximum Gasteiger partial charge on any atom is 0.242 e. The van der Waals surface area contributed by atoms with E-state index in [4.69, 9.17) is 15.2 Å². The fourth-order valence-electron chi connectivity index (χ4n) is 5.31. The summed E-state index contributed by atoms with van der Waals surface area (Å²) in [6, 6.07) is -1.51. The Labute approximate surface area is 300 Å². The Morgan fingerprint density at radius 1 is 0.640 bits per heavy atom. The molecule has 5 amide bonds. The summed E-state index contributed by atoms with van der Waals surface area (Å²) in [6.45, 7) is 4.67. The van der Waals surface area contributed by atoms with E-state index in [1.807, 2.05) is 6.92 Å². The largest absolute Gasteiger partial charge is 0.377 e. The number of aliphatic hydroxyl groups is 1. The number of unbranched alkanes of at least 4 members (excludes halogenated alkanes) is 13. The molecule has 0 spiro atoms. The Balaban J connectivity index is 4.15. The van der Waals surface area contributed by atoms with Gasteiger partial charge in [-0.25, -0.2) is 0 Å². The van der Waals surface area contributed by atoms with Gasteiger partial charge < -0.3 is 41.6 Å². The van der Waals surface area contributed by atoms with Gasteiger partial charge in [-0.1, -0.05) is 104 Å². The van der Waals surface area contributed by atoms with Crippen molar-refractivity contribution < 1.29 is 38.6 Å². The van der Waals surface area contributed by atoms with Gasteiger partial charge in [0, 0.05) is 26.4 Å². The molecular formula is C36H70N6O8. The number of nitrogens with one attached hydrogen (secondary N) is 5. The highest BCUT2D eigenvalue weighted by Crippen LogP contribution is 2.13. The number of aliphatic hydroxyl groups excluding tert-OH is 1. The van der Waals surface area contributed by atoms with Crippen molar-refractivity contribution in [3.63, 3.8) is 0 Å². The molecule has 0 rings (SSSR count). The highest BCUT2D eigenvalue weighted by Gasteiger charge is 2.22. The van der Waals surface area contributed by atoms with E-state index < -0.39 is 36.0 Å². The van der Waals surface area contributed by atoms with Gasteiger partial charge in [-0.15, -0.1) is 0 Å². The van der Waals surface area contributed by atoms with Crippen LogP contribution < -0.4 is 32.3 Å². The molecule has 50 heavy (non-hydrogen) atoms. The van der Waals surface area contributed by atoms with Crippen LogP contribution in [-0.2, 0) is 33.4 Å². The maximum atomic E-state index is 12.7. The van der Waals surface area contributed by atoms with E-state index in [-0.39, 0.29) is 64.2 Å². The van der Waals surface area contributed by atoms with Crippen molar-refractivity contribution >= 4 is 29.5 Å². The normalized spacial score (nSPS) is 12.9. The first-order valence-corrected chi connectivity index (χ1v) is 19.1. The predicted octanol–water partition coefficient (Wildman–Crippen LogP) is 2.70. The summed E-state index contributed by atoms with van der Waals surface area (Å²) in [5, 5.41) is 23.4. The summed E-state index contributed by atoms with van der Waals surface area (Å²) in [5.74, 6) is -2.04. The van der Waals surface area contributed by atoms with E-state index in [2.05, 4.69) is 33.5 Å². The van der Waals surface area contributed by atoms with Crippen LogP contribution in [0.3, 0.4) is 0 Å². The molecule has 0 aliphatic heterocycles. The average molecular weight is 715 g/mol. The van der Waals surface area contributed by atoms with Gasteiger partial charge in [-0.2, -0.15) is 0 Å². The van der Waals surface area contributed by atoms with E-state index in [1.54, 1.807) is 7.05 Å². The van der Waals surface area contributed by atoms with Crippen LogP contribution in [0.1, 0.15) is 136 Å². The van der Waals surface area contributed by atoms with Crippen LogP contribution in [0.2, 0.25) is 0 Å². The first kappa shape index (κ1) is 47.2. The second-order valence-electron chi connectivity index (χ2n) is 12.9. The summed E-state index contributed by atoms with van der Waals surface area (Å²) in [4.78, 5) is 60.7. The Kier molecular flexibility index (Phi) is 31.5. The lowest BCUT2D eigenvalue weighted by Gasteiger charge is -2.21. The number of nitrogens with two attached hydrogens (primary N) is 1. The highest BCUT2D eigenvalue weighted by molar-refractivity contribution is 5.90. The van der Waals surface area contributed by atoms with Crippen molar-refractivity contribution in [2.24, 2.45) is 5.73 Å². The van der Waals surface area contributed by atoms with Crippen molar-refractivity contribution in [3.05, 3.63) is 0 Å². The van der Waals surface area contributed by atoms with Gasteiger partial charge >= 0.3 is 0 Å². The number of carbonyl (C=O) groups is 5. The fourth-order valence-corrected chi connectivity index (χ4v) is 5.31. The zero-order valence-electron chi connectivity index (χ0n) is 31.3. The smallest absolute Gasteiger partial charge is 0.242 e. The van der Waals surface area contributed by atoms with Gasteiger partial charge in [0.2, 0.25) is 29.5 Å². The number of ether oxygens (including phenoxy) is 2. The first-order valence-electron chi connectivity index (χ1n) is 19.1. The molecule has 0 aromatic rings. The Bertz CT molecular complexity index is 910. The summed E-state index contributed by atoms with van der Waals surface area (Å²) in [6.07, 6.45) is 17.5. The molecule has 0 aromatic carbocycles. The monoisotopic (exact) mass is 715 g/mol. The Morgan fingerprint density at radius 3 is 1.80 bits per heavy atom. The van der Waals surface area contributed by atoms with Gasteiger partial charge in [0.1, 0.15) is 12.3 Å². The van der Waals surface area contributed by atoms with Gasteiger partial charge in [0.05, 0.1) is 39.0 Å². The number of amides is 5. The number of rotatable bonds is 35. The molecule has 292 valence electrons. The summed E-state index contributed by atoms with van der Waals surface area (Å²) in [5.41, 5.74) is 5.24. The van der Waals surface area contributed by atoms with Crippen LogP contribution in [0.25, 0.3) is 0 Å². The predicted molar refractivity (Wildman–Crippen MR) is 195 cm³/mol. The third-order valence-corrected chi connectivity index (χ3v) is 8.28. The lowest BCUT2D eigenvalue weighted by atomic mass is 10.0. The van der Waals surface area contributed by atoms with Crippen LogP contribution >= 0.6 is 0 Å². The molecule has 14 heteroatoms. The van der Waals surface area contributed by atoms with Gasteiger partial charge in [0.25, 0.3) is 0 Å². The molecule has 0 aliphatic carbocycles. The molecule has 0 heterocycles. The minimum atomic E-state index is -1.02. The van der Waals surface area contributed by atoms with E-state index in [0.717, 1.165) is 32.1 Å². The van der Waals surface area contributed by atoms with Gasteiger partial charge in [0.15, 0.2) is 0 Å². The van der Waals surface area contributed by atoms with Crippen molar-refractivity contribution in [2.45, 2.75) is 154 Å². The molecule has 0 aliphatic rings. The molecule has 3 atom stereocenters. The van der Waals surface area contributed by atoms with Crippen LogP contribution in [0.5, 0.6) is 0 Å². The van der Waals surface area contributed by atoms with Crippen LogP contribution in [0, 0.1) is 0 Å². The molecule has 8 N–H and O–H groups in total. The van der Waals surface area contributed by atoms with Crippen molar-refractivity contribution in [3.8, 4) is 0 Å². The highest BCUT2D eigenvalue weighted by atomic mass is 16.5. The lowest BCUT2D eigenvalue weighted by molar-refractivity contribution is -0.130. The van der Waals surface area contributed by atoms with Crippen molar-refractivity contribution in [2.75, 3.05) is 46.6 Å². The van der Waals surface area contributed by atoms with E-state index in [9.17, 15) is 29.1 Å². The standard InChI is InChI=1S/C36H70N6O8/c1-4-6-8-9-10-11-12-13-14-15-16-17-18-20-32(44)40-27-33(45)41-30(21-22-31(37)43)36(48)39-23-24-49-25-26-50-28-34(46)42-29(19-7-5-2)35(47)38-3/h29-30,34,42,46H,4-28H2,1-3H3,(H2,37,43)(H,38,47)(H,39,48)(H,40,44)(H,41,45)/t29-,30-,34+/m0/s1. The number of likely N-dealkylation sites (N-methyl/N-ethyl adjacent to an activating group) is 1. The second kappa shape index (κ2) is 33.3. The second-order valence-corrected chi connectivity index (χ2v) is 12.9. The Morgan fingerprint density at radius 2 is 1.22 bits per heavy atom. The van der Waals surface area contributed by atoms with Crippen LogP contribution in [0.4, 0.5) is 0 Å². The molecule has 0 bridgehead atoms. The molecular weight excluding hydrogens is 644 g/mol. The molecule has 0 aromatic heterocycles. The summed E-state index contributed by atoms with van der Waals surface area (Å²) < 4.78 is 10.9. The zero-order valence-corrected chi connectivity index (χ0v) is 31.3. The minimum absolute atomic E-state index is 0.0179. The minimum Gasteiger partial charge on any atom is -0.377 e. The van der Waals surface area contributed by atoms with Crippen LogP contribution in [0.15, 0.2) is 0 Å². The molecule has 14 nitrogen and oxygen atoms in total. The average Bonchev–Trinajstić information content (AvgIpc) is 3.09. The molecule has 0 saturated carbocycles. The molecule has 0 saturated heterocycles. The molecule has 0 radical (unpaired) electrons. The van der Waals surface area contributed by atoms with Crippen molar-refractivity contribution in [1.82, 2.24) is 26.6 Å². The SMILES string of the molecule is CCCCCCCCCCCCCCCC(=O)NCC(=O)N[C@@H](CCC(N)=O)C(=O)NCCOCCOC[C@@H](O)N[C@@H](CCCC)C(=O)NC. The van der Waals surface area contributed by atoms with Gasteiger partial charge in [-0.05, 0) is 19.3 Å². The fraction of sp³-hybridized carbons (Fsp3) is 0.861. The van der Waals surface area contributed by atoms with E-state index >= 15 is 0 Å². The quantitative estimate of drug-likeness (QED) is 0.0380. The number of carbonyl (C=O) groups excluding carboxylic acids is 5. The van der Waals surface area contributed by atoms with Gasteiger partial charge in [-0.3, -0.25) is 29.3 Å². The summed E-state index contributed by atoms with van der Waals surface area (Å²) in [7, 11) is 1.55. The number of hydrogen-bond donors (Lipinski definition) is 7. The van der Waals surface area contributed by atoms with Crippen LogP contribution in [-0.4, -0.2) is 99.5 Å².